The summed E-state index contributed by atoms with van der Waals surface area (Å²) in [6.07, 6.45) is 0. The molecule has 0 aliphatic heterocycles. The lowest BCUT2D eigenvalue weighted by Gasteiger charge is -2.00. The molecule has 0 radical (unpaired) electrons. The minimum atomic E-state index is -3.85. The standard InChI is InChI=1S/C7H5BrClNO3S/c8-5-1-4(7(10)11)2-6(3-5)14(9,12)13/h1-3H,(H2,10,11). The van der Waals surface area contributed by atoms with E-state index in [-0.39, 0.29) is 10.5 Å². The Bertz CT molecular complexity index is 486. The Kier molecular flexibility index (Phi) is 3.18. The van der Waals surface area contributed by atoms with Crippen LogP contribution in [0.3, 0.4) is 0 Å². The lowest BCUT2D eigenvalue weighted by atomic mass is 10.2. The van der Waals surface area contributed by atoms with Gasteiger partial charge in [0.05, 0.1) is 4.90 Å². The number of halogens is 2. The topological polar surface area (TPSA) is 77.2 Å². The molecule has 0 saturated heterocycles. The molecule has 0 aliphatic carbocycles. The van der Waals surface area contributed by atoms with Gasteiger partial charge >= 0.3 is 0 Å². The summed E-state index contributed by atoms with van der Waals surface area (Å²) in [6.45, 7) is 0. The maximum absolute atomic E-state index is 11.0. The number of hydrogen-bond acceptors (Lipinski definition) is 3. The first-order chi connectivity index (χ1) is 6.30. The fraction of sp³-hybridized carbons (Fsp3) is 0. The van der Waals surface area contributed by atoms with Crippen molar-refractivity contribution >= 4 is 41.6 Å². The van der Waals surface area contributed by atoms with E-state index < -0.39 is 15.0 Å². The smallest absolute Gasteiger partial charge is 0.261 e. The van der Waals surface area contributed by atoms with Gasteiger partial charge in [0.2, 0.25) is 5.91 Å². The highest BCUT2D eigenvalue weighted by Crippen LogP contribution is 2.22. The van der Waals surface area contributed by atoms with Gasteiger partial charge in [-0.15, -0.1) is 0 Å². The number of carbonyl (C=O) groups is 1. The molecule has 1 aromatic carbocycles. The van der Waals surface area contributed by atoms with Crippen LogP contribution in [0.5, 0.6) is 0 Å². The summed E-state index contributed by atoms with van der Waals surface area (Å²) in [5, 5.41) is 0. The van der Waals surface area contributed by atoms with Crippen LogP contribution in [0, 0.1) is 0 Å². The van der Waals surface area contributed by atoms with E-state index in [0.717, 1.165) is 6.07 Å². The number of hydrogen-bond donors (Lipinski definition) is 1. The van der Waals surface area contributed by atoms with Crippen LogP contribution in [0.2, 0.25) is 0 Å². The normalized spacial score (nSPS) is 11.3. The average molecular weight is 299 g/mol. The minimum absolute atomic E-state index is 0.0820. The van der Waals surface area contributed by atoms with E-state index in [1.807, 2.05) is 0 Å². The van der Waals surface area contributed by atoms with Gasteiger partial charge in [-0.25, -0.2) is 8.42 Å². The third kappa shape index (κ3) is 2.70. The molecule has 0 bridgehead atoms. The Morgan fingerprint density at radius 3 is 2.36 bits per heavy atom. The van der Waals surface area contributed by atoms with Gasteiger partial charge < -0.3 is 5.73 Å². The van der Waals surface area contributed by atoms with Gasteiger partial charge in [0.25, 0.3) is 9.05 Å². The van der Waals surface area contributed by atoms with Crippen molar-refractivity contribution in [1.29, 1.82) is 0 Å². The number of rotatable bonds is 2. The molecule has 1 rings (SSSR count). The summed E-state index contributed by atoms with van der Waals surface area (Å²) < 4.78 is 22.3. The molecule has 0 aromatic heterocycles. The van der Waals surface area contributed by atoms with E-state index in [4.69, 9.17) is 16.4 Å². The average Bonchev–Trinajstić information content (AvgIpc) is 2.01. The lowest BCUT2D eigenvalue weighted by molar-refractivity contribution is 0.1000. The highest BCUT2D eigenvalue weighted by Gasteiger charge is 2.13. The number of benzene rings is 1. The molecule has 1 amide bonds. The van der Waals surface area contributed by atoms with Gasteiger partial charge in [-0.3, -0.25) is 4.79 Å². The maximum atomic E-state index is 11.0. The zero-order valence-electron chi connectivity index (χ0n) is 6.70. The third-order valence-electron chi connectivity index (χ3n) is 1.44. The van der Waals surface area contributed by atoms with E-state index in [0.29, 0.717) is 4.47 Å². The van der Waals surface area contributed by atoms with Crippen molar-refractivity contribution < 1.29 is 13.2 Å². The van der Waals surface area contributed by atoms with Crippen molar-refractivity contribution in [2.24, 2.45) is 5.73 Å². The summed E-state index contributed by atoms with van der Waals surface area (Å²) >= 11 is 3.04. The highest BCUT2D eigenvalue weighted by molar-refractivity contribution is 9.10. The molecule has 7 heteroatoms. The summed E-state index contributed by atoms with van der Waals surface area (Å²) in [5.74, 6) is -0.715. The Morgan fingerprint density at radius 2 is 1.93 bits per heavy atom. The van der Waals surface area contributed by atoms with Crippen LogP contribution in [0.4, 0.5) is 0 Å². The Balaban J connectivity index is 3.43. The van der Waals surface area contributed by atoms with Crippen molar-refractivity contribution in [3.63, 3.8) is 0 Å². The zero-order valence-corrected chi connectivity index (χ0v) is 9.86. The molecule has 0 unspecified atom stereocenters. The van der Waals surface area contributed by atoms with Gasteiger partial charge in [0.1, 0.15) is 0 Å². The quantitative estimate of drug-likeness (QED) is 0.840. The van der Waals surface area contributed by atoms with Crippen LogP contribution in [0.25, 0.3) is 0 Å². The zero-order chi connectivity index (χ0) is 10.9. The van der Waals surface area contributed by atoms with Crippen molar-refractivity contribution in [1.82, 2.24) is 0 Å². The molecule has 0 fully saturated rings. The maximum Gasteiger partial charge on any atom is 0.261 e. The molecule has 0 spiro atoms. The van der Waals surface area contributed by atoms with Gasteiger partial charge in [-0.1, -0.05) is 15.9 Å². The highest BCUT2D eigenvalue weighted by atomic mass is 79.9. The molecule has 0 atom stereocenters. The van der Waals surface area contributed by atoms with Gasteiger partial charge in [-0.05, 0) is 18.2 Å². The van der Waals surface area contributed by atoms with Crippen molar-refractivity contribution in [2.75, 3.05) is 0 Å². The van der Waals surface area contributed by atoms with E-state index in [9.17, 15) is 13.2 Å². The molecule has 0 aliphatic rings. The van der Waals surface area contributed by atoms with Crippen LogP contribution in [0.15, 0.2) is 27.6 Å². The molecule has 0 heterocycles. The molecule has 0 saturated carbocycles. The van der Waals surface area contributed by atoms with Crippen LogP contribution in [-0.4, -0.2) is 14.3 Å². The first kappa shape index (κ1) is 11.5. The number of primary amides is 1. The second kappa shape index (κ2) is 3.88. The fourth-order valence-corrected chi connectivity index (χ4v) is 2.29. The first-order valence-electron chi connectivity index (χ1n) is 3.36. The minimum Gasteiger partial charge on any atom is -0.366 e. The fourth-order valence-electron chi connectivity index (χ4n) is 0.846. The second-order valence-corrected chi connectivity index (χ2v) is 5.96. The molecular weight excluding hydrogens is 294 g/mol. The summed E-state index contributed by atoms with van der Waals surface area (Å²) in [5.41, 5.74) is 5.08. The summed E-state index contributed by atoms with van der Waals surface area (Å²) in [6, 6.07) is 3.82. The first-order valence-corrected chi connectivity index (χ1v) is 6.46. The molecule has 76 valence electrons. The second-order valence-electron chi connectivity index (χ2n) is 2.48. The van der Waals surface area contributed by atoms with E-state index in [2.05, 4.69) is 15.9 Å². The van der Waals surface area contributed by atoms with Crippen molar-refractivity contribution in [3.8, 4) is 0 Å². The Hall–Kier alpha value is -0.590. The molecule has 2 N–H and O–H groups in total. The van der Waals surface area contributed by atoms with Gasteiger partial charge in [-0.2, -0.15) is 0 Å². The number of nitrogens with two attached hydrogens (primary N) is 1. The van der Waals surface area contributed by atoms with Crippen molar-refractivity contribution in [2.45, 2.75) is 4.90 Å². The van der Waals surface area contributed by atoms with E-state index in [1.165, 1.54) is 12.1 Å². The molecule has 4 nitrogen and oxygen atoms in total. The van der Waals surface area contributed by atoms with Gasteiger partial charge in [0.15, 0.2) is 0 Å². The SMILES string of the molecule is NC(=O)c1cc(Br)cc(S(=O)(=O)Cl)c1. The van der Waals surface area contributed by atoms with Crippen LogP contribution < -0.4 is 5.73 Å². The Labute approximate surface area is 93.6 Å². The van der Waals surface area contributed by atoms with Crippen molar-refractivity contribution in [3.05, 3.63) is 28.2 Å². The van der Waals surface area contributed by atoms with E-state index in [1.54, 1.807) is 0 Å². The van der Waals surface area contributed by atoms with E-state index >= 15 is 0 Å². The third-order valence-corrected chi connectivity index (χ3v) is 3.23. The summed E-state index contributed by atoms with van der Waals surface area (Å²) in [7, 11) is 1.26. The predicted octanol–water partition coefficient (Wildman–Crippen LogP) is 1.48. The summed E-state index contributed by atoms with van der Waals surface area (Å²) in [4.78, 5) is 10.6. The molecule has 14 heavy (non-hydrogen) atoms. The van der Waals surface area contributed by atoms with Crippen LogP contribution in [-0.2, 0) is 9.05 Å². The Morgan fingerprint density at radius 1 is 1.36 bits per heavy atom. The largest absolute Gasteiger partial charge is 0.366 e. The molecule has 1 aromatic rings. The van der Waals surface area contributed by atoms with Crippen LogP contribution in [0.1, 0.15) is 10.4 Å². The lowest BCUT2D eigenvalue weighted by Crippen LogP contribution is -2.11. The van der Waals surface area contributed by atoms with Crippen LogP contribution >= 0.6 is 26.6 Å². The van der Waals surface area contributed by atoms with Gasteiger partial charge in [0, 0.05) is 20.7 Å². The number of amides is 1. The monoisotopic (exact) mass is 297 g/mol. The molecular formula is C7H5BrClNO3S. The number of carbonyl (C=O) groups excluding carboxylic acids is 1. The predicted molar refractivity (Wildman–Crippen MR) is 55.7 cm³/mol.